The number of halogens is 1. The average molecular weight is 227 g/mol. The number of aliphatic hydroxyl groups excluding tert-OH is 1. The molecule has 0 atom stereocenters. The number of hydrogen-bond acceptors (Lipinski definition) is 2. The van der Waals surface area contributed by atoms with Crippen molar-refractivity contribution in [2.45, 2.75) is 6.42 Å². The van der Waals surface area contributed by atoms with E-state index in [2.05, 4.69) is 29.6 Å². The van der Waals surface area contributed by atoms with Crippen molar-refractivity contribution in [3.63, 3.8) is 0 Å². The van der Waals surface area contributed by atoms with E-state index in [0.29, 0.717) is 0 Å². The molecule has 0 fully saturated rings. The quantitative estimate of drug-likeness (QED) is 0.590. The van der Waals surface area contributed by atoms with Gasteiger partial charge in [-0.1, -0.05) is 42.5 Å². The lowest BCUT2D eigenvalue weighted by Gasteiger charge is -1.97. The maximum atomic E-state index is 8.54. The van der Waals surface area contributed by atoms with Gasteiger partial charge in [0.2, 0.25) is 0 Å². The largest absolute Gasteiger partial charge is 1.00 e. The summed E-state index contributed by atoms with van der Waals surface area (Å²) >= 11 is 0. The van der Waals surface area contributed by atoms with Crippen LogP contribution in [0.5, 0.6) is 0 Å². The third-order valence-electron chi connectivity index (χ3n) is 1.88. The fraction of sp³-hybridized carbons (Fsp3) is 0.333. The summed E-state index contributed by atoms with van der Waals surface area (Å²) < 4.78 is 0. The number of benzene rings is 1. The van der Waals surface area contributed by atoms with Crippen LogP contribution in [0.4, 0.5) is 0 Å². The highest BCUT2D eigenvalue weighted by Crippen LogP contribution is 1.99. The molecule has 2 N–H and O–H groups in total. The second-order valence-electron chi connectivity index (χ2n) is 3.09. The third kappa shape index (κ3) is 7.14. The molecule has 0 aliphatic carbocycles. The van der Waals surface area contributed by atoms with Crippen LogP contribution in [0.1, 0.15) is 12.0 Å². The predicted octanol–water partition coefficient (Wildman–Crippen LogP) is -1.32. The van der Waals surface area contributed by atoms with E-state index in [1.54, 1.807) is 0 Å². The van der Waals surface area contributed by atoms with Gasteiger partial charge >= 0.3 is 0 Å². The molecule has 0 heterocycles. The zero-order valence-electron chi connectivity index (χ0n) is 8.70. The Labute approximate surface area is 97.4 Å². The molecular weight excluding hydrogens is 210 g/mol. The Kier molecular flexibility index (Phi) is 9.18. The van der Waals surface area contributed by atoms with Crippen LogP contribution in [0.2, 0.25) is 0 Å². The second kappa shape index (κ2) is 9.71. The van der Waals surface area contributed by atoms with Crippen LogP contribution in [-0.4, -0.2) is 24.8 Å². The molecule has 3 heteroatoms. The first-order chi connectivity index (χ1) is 6.93. The van der Waals surface area contributed by atoms with Crippen molar-refractivity contribution in [2.24, 2.45) is 0 Å². The third-order valence-corrected chi connectivity index (χ3v) is 1.88. The van der Waals surface area contributed by atoms with Crippen LogP contribution in [0, 0.1) is 0 Å². The molecule has 0 saturated carbocycles. The lowest BCUT2D eigenvalue weighted by Crippen LogP contribution is -3.00. The normalized spacial score (nSPS) is 10.2. The van der Waals surface area contributed by atoms with Crippen LogP contribution in [0.15, 0.2) is 36.4 Å². The van der Waals surface area contributed by atoms with E-state index in [1.807, 2.05) is 18.2 Å². The molecule has 15 heavy (non-hydrogen) atoms. The molecule has 0 unspecified atom stereocenters. The molecule has 0 spiro atoms. The molecule has 1 aromatic carbocycles. The molecule has 0 bridgehead atoms. The smallest absolute Gasteiger partial charge is 0.0443 e. The van der Waals surface area contributed by atoms with Gasteiger partial charge in [-0.05, 0) is 18.5 Å². The summed E-state index contributed by atoms with van der Waals surface area (Å²) in [5, 5.41) is 11.8. The molecule has 1 rings (SSSR count). The van der Waals surface area contributed by atoms with Crippen molar-refractivity contribution in [2.75, 3.05) is 19.7 Å². The van der Waals surface area contributed by atoms with Gasteiger partial charge in [-0.3, -0.25) is 0 Å². The van der Waals surface area contributed by atoms with Gasteiger partial charge in [0, 0.05) is 13.2 Å². The molecule has 0 aliphatic heterocycles. The van der Waals surface area contributed by atoms with Crippen molar-refractivity contribution in [3.05, 3.63) is 42.0 Å². The SMILES string of the molecule is OCCCNC/C=C/c1ccccc1.[Cl-]. The van der Waals surface area contributed by atoms with Crippen LogP contribution in [0.3, 0.4) is 0 Å². The summed E-state index contributed by atoms with van der Waals surface area (Å²) in [6, 6.07) is 10.2. The number of hydrogen-bond donors (Lipinski definition) is 2. The molecular formula is C12H17ClNO-. The van der Waals surface area contributed by atoms with E-state index in [4.69, 9.17) is 5.11 Å². The Hall–Kier alpha value is -0.830. The minimum atomic E-state index is 0. The topological polar surface area (TPSA) is 32.3 Å². The van der Waals surface area contributed by atoms with E-state index < -0.39 is 0 Å². The summed E-state index contributed by atoms with van der Waals surface area (Å²) in [5.41, 5.74) is 1.22. The first-order valence-electron chi connectivity index (χ1n) is 4.96. The Balaban J connectivity index is 0.00000196. The van der Waals surface area contributed by atoms with Crippen molar-refractivity contribution in [1.82, 2.24) is 5.32 Å². The highest BCUT2D eigenvalue weighted by Gasteiger charge is 1.84. The van der Waals surface area contributed by atoms with Crippen LogP contribution < -0.4 is 17.7 Å². The number of rotatable bonds is 6. The maximum absolute atomic E-state index is 8.54. The Morgan fingerprint density at radius 1 is 1.20 bits per heavy atom. The van der Waals surface area contributed by atoms with Crippen molar-refractivity contribution in [3.8, 4) is 0 Å². The molecule has 0 saturated heterocycles. The average Bonchev–Trinajstić information content (AvgIpc) is 2.25. The summed E-state index contributed by atoms with van der Waals surface area (Å²) in [6.07, 6.45) is 5.00. The summed E-state index contributed by atoms with van der Waals surface area (Å²) in [4.78, 5) is 0. The van der Waals surface area contributed by atoms with Gasteiger partial charge in [0.15, 0.2) is 0 Å². The second-order valence-corrected chi connectivity index (χ2v) is 3.09. The molecule has 1 aromatic rings. The van der Waals surface area contributed by atoms with E-state index in [-0.39, 0.29) is 19.0 Å². The lowest BCUT2D eigenvalue weighted by molar-refractivity contribution is -0.00000401. The molecule has 2 nitrogen and oxygen atoms in total. The minimum absolute atomic E-state index is 0. The van der Waals surface area contributed by atoms with Gasteiger partial charge in [0.25, 0.3) is 0 Å². The van der Waals surface area contributed by atoms with Crippen LogP contribution >= 0.6 is 0 Å². The highest BCUT2D eigenvalue weighted by atomic mass is 35.5. The predicted molar refractivity (Wildman–Crippen MR) is 60.0 cm³/mol. The molecule has 84 valence electrons. The first-order valence-corrected chi connectivity index (χ1v) is 4.96. The highest BCUT2D eigenvalue weighted by molar-refractivity contribution is 5.48. The molecule has 0 aliphatic rings. The van der Waals surface area contributed by atoms with Crippen LogP contribution in [0.25, 0.3) is 6.08 Å². The maximum Gasteiger partial charge on any atom is 0.0443 e. The fourth-order valence-electron chi connectivity index (χ4n) is 1.15. The summed E-state index contributed by atoms with van der Waals surface area (Å²) in [7, 11) is 0. The van der Waals surface area contributed by atoms with Gasteiger partial charge in [0.05, 0.1) is 0 Å². The van der Waals surface area contributed by atoms with E-state index in [0.717, 1.165) is 19.5 Å². The monoisotopic (exact) mass is 226 g/mol. The Morgan fingerprint density at radius 3 is 2.60 bits per heavy atom. The molecule has 0 amide bonds. The van der Waals surface area contributed by atoms with Gasteiger partial charge in [-0.25, -0.2) is 0 Å². The van der Waals surface area contributed by atoms with Gasteiger partial charge in [-0.15, -0.1) is 0 Å². The van der Waals surface area contributed by atoms with Gasteiger partial charge in [0.1, 0.15) is 0 Å². The summed E-state index contributed by atoms with van der Waals surface area (Å²) in [5.74, 6) is 0. The van der Waals surface area contributed by atoms with Crippen molar-refractivity contribution in [1.29, 1.82) is 0 Å². The van der Waals surface area contributed by atoms with Crippen molar-refractivity contribution >= 4 is 6.08 Å². The number of nitrogens with one attached hydrogen (secondary N) is 1. The molecule has 0 radical (unpaired) electrons. The number of aliphatic hydroxyl groups is 1. The van der Waals surface area contributed by atoms with Crippen LogP contribution in [-0.2, 0) is 0 Å². The lowest BCUT2D eigenvalue weighted by atomic mass is 10.2. The fourth-order valence-corrected chi connectivity index (χ4v) is 1.15. The van der Waals surface area contributed by atoms with Gasteiger partial charge in [-0.2, -0.15) is 0 Å². The standard InChI is InChI=1S/C12H17NO.ClH/c14-11-5-10-13-9-4-8-12-6-2-1-3-7-12;/h1-4,6-8,13-14H,5,9-11H2;1H/p-1/b8-4+;. The zero-order valence-corrected chi connectivity index (χ0v) is 9.45. The van der Waals surface area contributed by atoms with Crippen molar-refractivity contribution < 1.29 is 17.5 Å². The van der Waals surface area contributed by atoms with E-state index in [1.165, 1.54) is 5.56 Å². The Bertz CT molecular complexity index is 262. The zero-order chi connectivity index (χ0) is 10.1. The summed E-state index contributed by atoms with van der Waals surface area (Å²) in [6.45, 7) is 1.99. The first kappa shape index (κ1) is 14.2. The Morgan fingerprint density at radius 2 is 1.93 bits per heavy atom. The van der Waals surface area contributed by atoms with Gasteiger partial charge < -0.3 is 22.8 Å². The minimum Gasteiger partial charge on any atom is -1.00 e. The van der Waals surface area contributed by atoms with E-state index >= 15 is 0 Å². The molecule has 0 aromatic heterocycles. The van der Waals surface area contributed by atoms with E-state index in [9.17, 15) is 0 Å².